The predicted octanol–water partition coefficient (Wildman–Crippen LogP) is 5.10. The molecular weight excluding hydrogens is 356 g/mol. The van der Waals surface area contributed by atoms with Crippen molar-refractivity contribution in [2.24, 2.45) is 0 Å². The van der Waals surface area contributed by atoms with E-state index >= 15 is 0 Å². The van der Waals surface area contributed by atoms with E-state index in [1.54, 1.807) is 18.4 Å². The predicted molar refractivity (Wildman–Crippen MR) is 111 cm³/mol. The minimum absolute atomic E-state index is 0.0559. The first-order valence-electron chi connectivity index (χ1n) is 8.88. The molecule has 1 aromatic heterocycles. The van der Waals surface area contributed by atoms with E-state index in [2.05, 4.69) is 23.6 Å². The third-order valence-corrected chi connectivity index (χ3v) is 5.45. The fraction of sp³-hybridized carbons (Fsp3) is 0.227. The van der Waals surface area contributed by atoms with Crippen LogP contribution in [0.1, 0.15) is 35.0 Å². The van der Waals surface area contributed by atoms with Gasteiger partial charge in [0.2, 0.25) is 5.91 Å². The molecule has 0 aliphatic rings. The maximum absolute atomic E-state index is 13.2. The van der Waals surface area contributed by atoms with Crippen molar-refractivity contribution in [3.8, 4) is 5.75 Å². The summed E-state index contributed by atoms with van der Waals surface area (Å²) in [5, 5.41) is 8.54. The van der Waals surface area contributed by atoms with Crippen LogP contribution in [0.2, 0.25) is 0 Å². The fourth-order valence-electron chi connectivity index (χ4n) is 2.96. The number of hydrogen-bond donors (Lipinski definition) is 2. The summed E-state index contributed by atoms with van der Waals surface area (Å²) in [6.07, 6.45) is 0. The first-order valence-corrected chi connectivity index (χ1v) is 9.76. The summed E-state index contributed by atoms with van der Waals surface area (Å²) in [4.78, 5) is 14.4. The minimum Gasteiger partial charge on any atom is -0.495 e. The van der Waals surface area contributed by atoms with Crippen LogP contribution in [0.25, 0.3) is 0 Å². The molecule has 0 bridgehead atoms. The van der Waals surface area contributed by atoms with Crippen LogP contribution in [-0.2, 0) is 4.79 Å². The van der Waals surface area contributed by atoms with Gasteiger partial charge in [0.1, 0.15) is 11.8 Å². The highest BCUT2D eigenvalue weighted by Crippen LogP contribution is 2.28. The lowest BCUT2D eigenvalue weighted by atomic mass is 10.0. The number of anilines is 1. The van der Waals surface area contributed by atoms with Crippen LogP contribution in [0.5, 0.6) is 5.75 Å². The van der Waals surface area contributed by atoms with Crippen molar-refractivity contribution >= 4 is 22.9 Å². The molecule has 1 amide bonds. The van der Waals surface area contributed by atoms with Crippen LogP contribution in [0.4, 0.5) is 5.69 Å². The van der Waals surface area contributed by atoms with Gasteiger partial charge in [0, 0.05) is 10.9 Å². The minimum atomic E-state index is -0.478. The van der Waals surface area contributed by atoms with Crippen LogP contribution in [0, 0.1) is 6.92 Å². The molecule has 2 atom stereocenters. The Labute approximate surface area is 164 Å². The lowest BCUT2D eigenvalue weighted by molar-refractivity contribution is -0.118. The average molecular weight is 381 g/mol. The molecule has 0 radical (unpaired) electrons. The summed E-state index contributed by atoms with van der Waals surface area (Å²) >= 11 is 1.68. The van der Waals surface area contributed by atoms with Gasteiger partial charge in [0.05, 0.1) is 12.8 Å². The molecule has 0 saturated heterocycles. The van der Waals surface area contributed by atoms with Crippen molar-refractivity contribution in [1.82, 2.24) is 5.32 Å². The zero-order valence-corrected chi connectivity index (χ0v) is 16.5. The van der Waals surface area contributed by atoms with Gasteiger partial charge in [-0.15, -0.1) is 11.3 Å². The molecule has 4 nitrogen and oxygen atoms in total. The zero-order chi connectivity index (χ0) is 19.2. The maximum Gasteiger partial charge on any atom is 0.246 e. The number of benzene rings is 2. The highest BCUT2D eigenvalue weighted by atomic mass is 32.1. The number of carbonyl (C=O) groups excluding carboxylic acids is 1. The van der Waals surface area contributed by atoms with Gasteiger partial charge < -0.3 is 10.1 Å². The largest absolute Gasteiger partial charge is 0.495 e. The number of methoxy groups -OCH3 is 1. The Kier molecular flexibility index (Phi) is 6.27. The Morgan fingerprint density at radius 1 is 1.07 bits per heavy atom. The van der Waals surface area contributed by atoms with E-state index in [4.69, 9.17) is 4.74 Å². The second-order valence-electron chi connectivity index (χ2n) is 6.44. The van der Waals surface area contributed by atoms with E-state index in [1.165, 1.54) is 4.88 Å². The van der Waals surface area contributed by atoms with Crippen molar-refractivity contribution < 1.29 is 9.53 Å². The highest BCUT2D eigenvalue weighted by molar-refractivity contribution is 7.10. The SMILES string of the molecule is COc1ccc(C)cc1NC(=O)[C@H](N[C@H](C)c1cccs1)c1ccccc1. The molecule has 0 aliphatic carbocycles. The third-order valence-electron chi connectivity index (χ3n) is 4.39. The number of amides is 1. The van der Waals surface area contributed by atoms with Crippen LogP contribution in [0.3, 0.4) is 0 Å². The van der Waals surface area contributed by atoms with E-state index < -0.39 is 6.04 Å². The molecule has 140 valence electrons. The van der Waals surface area contributed by atoms with Crippen molar-refractivity contribution in [2.75, 3.05) is 12.4 Å². The summed E-state index contributed by atoms with van der Waals surface area (Å²) in [5.41, 5.74) is 2.65. The summed E-state index contributed by atoms with van der Waals surface area (Å²) < 4.78 is 5.39. The molecule has 2 aromatic carbocycles. The van der Waals surface area contributed by atoms with E-state index in [1.807, 2.05) is 66.9 Å². The number of carbonyl (C=O) groups is 1. The molecule has 3 rings (SSSR count). The van der Waals surface area contributed by atoms with Crippen molar-refractivity contribution in [3.05, 3.63) is 82.0 Å². The fourth-order valence-corrected chi connectivity index (χ4v) is 3.71. The Balaban J connectivity index is 1.86. The normalized spacial score (nSPS) is 13.0. The third kappa shape index (κ3) is 4.76. The Bertz CT molecular complexity index is 879. The molecule has 0 spiro atoms. The number of rotatable bonds is 7. The topological polar surface area (TPSA) is 50.4 Å². The maximum atomic E-state index is 13.2. The van der Waals surface area contributed by atoms with Crippen molar-refractivity contribution in [1.29, 1.82) is 0 Å². The number of ether oxygens (including phenoxy) is 1. The van der Waals surface area contributed by atoms with Gasteiger partial charge >= 0.3 is 0 Å². The summed E-state index contributed by atoms with van der Waals surface area (Å²) in [6.45, 7) is 4.06. The number of aryl methyl sites for hydroxylation is 1. The van der Waals surface area contributed by atoms with Gasteiger partial charge in [-0.05, 0) is 48.6 Å². The van der Waals surface area contributed by atoms with E-state index in [9.17, 15) is 4.79 Å². The van der Waals surface area contributed by atoms with E-state index in [-0.39, 0.29) is 11.9 Å². The van der Waals surface area contributed by atoms with Gasteiger partial charge in [-0.1, -0.05) is 42.5 Å². The quantitative estimate of drug-likeness (QED) is 0.600. The van der Waals surface area contributed by atoms with Crippen LogP contribution in [-0.4, -0.2) is 13.0 Å². The van der Waals surface area contributed by atoms with Gasteiger partial charge in [0.25, 0.3) is 0 Å². The molecule has 0 saturated carbocycles. The molecule has 0 aliphatic heterocycles. The first kappa shape index (κ1) is 19.1. The number of nitrogens with one attached hydrogen (secondary N) is 2. The van der Waals surface area contributed by atoms with Gasteiger partial charge in [-0.2, -0.15) is 0 Å². The number of thiophene rings is 1. The van der Waals surface area contributed by atoms with Gasteiger partial charge in [-0.25, -0.2) is 0 Å². The lowest BCUT2D eigenvalue weighted by Crippen LogP contribution is -2.34. The van der Waals surface area contributed by atoms with Crippen molar-refractivity contribution in [2.45, 2.75) is 25.9 Å². The smallest absolute Gasteiger partial charge is 0.246 e. The Morgan fingerprint density at radius 2 is 1.85 bits per heavy atom. The standard InChI is InChI=1S/C22H24N2O2S/c1-15-11-12-19(26-3)18(14-15)24-22(25)21(17-8-5-4-6-9-17)23-16(2)20-10-7-13-27-20/h4-14,16,21,23H,1-3H3,(H,24,25)/t16-,21-/m1/s1. The molecule has 1 heterocycles. The average Bonchev–Trinajstić information content (AvgIpc) is 3.21. The molecule has 27 heavy (non-hydrogen) atoms. The van der Waals surface area contributed by atoms with Gasteiger partial charge in [0.15, 0.2) is 0 Å². The molecule has 0 fully saturated rings. The summed E-state index contributed by atoms with van der Waals surface area (Å²) in [7, 11) is 1.60. The second-order valence-corrected chi connectivity index (χ2v) is 7.42. The van der Waals surface area contributed by atoms with E-state index in [0.717, 1.165) is 11.1 Å². The molecule has 3 aromatic rings. The van der Waals surface area contributed by atoms with Crippen LogP contribution < -0.4 is 15.4 Å². The summed E-state index contributed by atoms with van der Waals surface area (Å²) in [6, 6.07) is 19.2. The Hall–Kier alpha value is -2.63. The summed E-state index contributed by atoms with van der Waals surface area (Å²) in [5.74, 6) is 0.528. The van der Waals surface area contributed by atoms with Crippen LogP contribution in [0.15, 0.2) is 66.0 Å². The molecule has 2 N–H and O–H groups in total. The highest BCUT2D eigenvalue weighted by Gasteiger charge is 2.24. The molecular formula is C22H24N2O2S. The zero-order valence-electron chi connectivity index (χ0n) is 15.7. The van der Waals surface area contributed by atoms with Crippen molar-refractivity contribution in [3.63, 3.8) is 0 Å². The second kappa shape index (κ2) is 8.84. The van der Waals surface area contributed by atoms with Gasteiger partial charge in [-0.3, -0.25) is 10.1 Å². The first-order chi connectivity index (χ1) is 13.1. The number of hydrogen-bond acceptors (Lipinski definition) is 4. The Morgan fingerprint density at radius 3 is 2.52 bits per heavy atom. The lowest BCUT2D eigenvalue weighted by Gasteiger charge is -2.23. The molecule has 5 heteroatoms. The monoisotopic (exact) mass is 380 g/mol. The molecule has 0 unspecified atom stereocenters. The van der Waals surface area contributed by atoms with Crippen LogP contribution >= 0.6 is 11.3 Å². The van der Waals surface area contributed by atoms with E-state index in [0.29, 0.717) is 11.4 Å².